The molecule has 0 fully saturated rings. The highest BCUT2D eigenvalue weighted by molar-refractivity contribution is 6.18. The normalized spacial score (nSPS) is 12.6. The molecule has 1 atom stereocenters. The van der Waals surface area contributed by atoms with E-state index in [0.29, 0.717) is 11.8 Å². The van der Waals surface area contributed by atoms with Gasteiger partial charge in [-0.1, -0.05) is 24.3 Å². The van der Waals surface area contributed by atoms with Crippen LogP contribution in [0.25, 0.3) is 0 Å². The Kier molecular flexibility index (Phi) is 4.37. The second-order valence-corrected chi connectivity index (χ2v) is 4.71. The Morgan fingerprint density at radius 1 is 1.33 bits per heavy atom. The van der Waals surface area contributed by atoms with Crippen LogP contribution in [0.4, 0.5) is 0 Å². The quantitative estimate of drug-likeness (QED) is 0.776. The molecule has 0 aliphatic rings. The Balaban J connectivity index is 2.23. The van der Waals surface area contributed by atoms with Crippen LogP contribution < -0.4 is 0 Å². The molecule has 1 heterocycles. The van der Waals surface area contributed by atoms with E-state index < -0.39 is 0 Å². The molecule has 96 valence electrons. The Morgan fingerprint density at radius 2 is 2.11 bits per heavy atom. The van der Waals surface area contributed by atoms with E-state index in [2.05, 4.69) is 48.2 Å². The third-order valence-electron chi connectivity index (χ3n) is 3.24. The predicted octanol–water partition coefficient (Wildman–Crippen LogP) is 3.17. The van der Waals surface area contributed by atoms with Crippen molar-refractivity contribution in [2.24, 2.45) is 0 Å². The zero-order valence-corrected chi connectivity index (χ0v) is 11.6. The van der Waals surface area contributed by atoms with Crippen LogP contribution in [0.2, 0.25) is 0 Å². The average molecular weight is 264 g/mol. The van der Waals surface area contributed by atoms with Gasteiger partial charge in [-0.15, -0.1) is 11.6 Å². The minimum absolute atomic E-state index is 0.294. The van der Waals surface area contributed by atoms with Crippen LogP contribution in [0.15, 0.2) is 30.6 Å². The van der Waals surface area contributed by atoms with Crippen LogP contribution in [-0.2, 0) is 13.0 Å². The highest BCUT2D eigenvalue weighted by Gasteiger charge is 2.16. The summed E-state index contributed by atoms with van der Waals surface area (Å²) in [7, 11) is 0. The topological polar surface area (TPSA) is 30.7 Å². The summed E-state index contributed by atoms with van der Waals surface area (Å²) in [6.45, 7) is 5.04. The Bertz CT molecular complexity index is 507. The molecule has 1 aromatic carbocycles. The predicted molar refractivity (Wildman–Crippen MR) is 74.0 cm³/mol. The lowest BCUT2D eigenvalue weighted by Gasteiger charge is -2.16. The van der Waals surface area contributed by atoms with Crippen molar-refractivity contribution < 1.29 is 0 Å². The molecule has 0 saturated carbocycles. The van der Waals surface area contributed by atoms with E-state index in [0.717, 1.165) is 18.8 Å². The van der Waals surface area contributed by atoms with Crippen molar-refractivity contribution in [2.45, 2.75) is 32.7 Å². The summed E-state index contributed by atoms with van der Waals surface area (Å²) < 4.78 is 1.93. The van der Waals surface area contributed by atoms with Gasteiger partial charge in [0, 0.05) is 24.8 Å². The van der Waals surface area contributed by atoms with Gasteiger partial charge >= 0.3 is 0 Å². The van der Waals surface area contributed by atoms with Crippen molar-refractivity contribution in [3.05, 3.63) is 47.5 Å². The molecule has 0 saturated heterocycles. The molecule has 0 amide bonds. The van der Waals surface area contributed by atoms with Gasteiger partial charge in [0.25, 0.3) is 0 Å². The molecular weight excluding hydrogens is 246 g/mol. The molecule has 2 aromatic rings. The third kappa shape index (κ3) is 2.72. The number of nitrogens with zero attached hydrogens (tertiary/aromatic N) is 3. The van der Waals surface area contributed by atoms with Gasteiger partial charge in [-0.25, -0.2) is 4.98 Å². The summed E-state index contributed by atoms with van der Waals surface area (Å²) in [6.07, 6.45) is 2.45. The van der Waals surface area contributed by atoms with Crippen molar-refractivity contribution in [1.82, 2.24) is 14.8 Å². The maximum atomic E-state index is 6.13. The number of benzene rings is 1. The Labute approximate surface area is 113 Å². The number of alkyl halides is 1. The first-order chi connectivity index (χ1) is 8.76. The lowest BCUT2D eigenvalue weighted by molar-refractivity contribution is 0.589. The second-order valence-electron chi connectivity index (χ2n) is 4.40. The van der Waals surface area contributed by atoms with Gasteiger partial charge in [0.05, 0.1) is 0 Å². The van der Waals surface area contributed by atoms with Crippen LogP contribution in [0.5, 0.6) is 0 Å². The summed E-state index contributed by atoms with van der Waals surface area (Å²) in [4.78, 5) is 4.32. The van der Waals surface area contributed by atoms with Gasteiger partial charge in [-0.05, 0) is 25.0 Å². The maximum Gasteiger partial charge on any atom is 0.138 e. The van der Waals surface area contributed by atoms with Gasteiger partial charge < -0.3 is 0 Å². The molecule has 0 aliphatic heterocycles. The molecule has 4 heteroatoms. The Morgan fingerprint density at radius 3 is 2.78 bits per heavy atom. The van der Waals surface area contributed by atoms with Crippen molar-refractivity contribution in [2.75, 3.05) is 5.88 Å². The van der Waals surface area contributed by atoms with Gasteiger partial charge in [-0.3, -0.25) is 4.68 Å². The molecule has 3 nitrogen and oxygen atoms in total. The van der Waals surface area contributed by atoms with Crippen LogP contribution in [-0.4, -0.2) is 20.6 Å². The lowest BCUT2D eigenvalue weighted by Crippen LogP contribution is -2.12. The monoisotopic (exact) mass is 263 g/mol. The highest BCUT2D eigenvalue weighted by atomic mass is 35.5. The largest absolute Gasteiger partial charge is 0.250 e. The number of aromatic nitrogens is 3. The molecule has 2 rings (SSSR count). The zero-order chi connectivity index (χ0) is 13.0. The fraction of sp³-hybridized carbons (Fsp3) is 0.429. The molecule has 18 heavy (non-hydrogen) atoms. The van der Waals surface area contributed by atoms with E-state index >= 15 is 0 Å². The van der Waals surface area contributed by atoms with Crippen molar-refractivity contribution >= 4 is 11.6 Å². The van der Waals surface area contributed by atoms with Crippen molar-refractivity contribution in [3.8, 4) is 0 Å². The van der Waals surface area contributed by atoms with E-state index in [-0.39, 0.29) is 0 Å². The highest BCUT2D eigenvalue weighted by Crippen LogP contribution is 2.24. The minimum Gasteiger partial charge on any atom is -0.250 e. The van der Waals surface area contributed by atoms with Gasteiger partial charge in [0.1, 0.15) is 12.2 Å². The summed E-state index contributed by atoms with van der Waals surface area (Å²) in [5.74, 6) is 1.90. The molecule has 0 N–H and O–H groups in total. The molecular formula is C14H18ClN3. The fourth-order valence-corrected chi connectivity index (χ4v) is 2.50. The van der Waals surface area contributed by atoms with E-state index in [1.807, 2.05) is 4.68 Å². The van der Waals surface area contributed by atoms with Crippen LogP contribution >= 0.6 is 11.6 Å². The third-order valence-corrected chi connectivity index (χ3v) is 3.61. The van der Waals surface area contributed by atoms with Crippen LogP contribution in [0.3, 0.4) is 0 Å². The number of halogens is 1. The minimum atomic E-state index is 0.294. The number of aryl methyl sites for hydroxylation is 2. The number of hydrogen-bond donors (Lipinski definition) is 0. The number of hydrogen-bond acceptors (Lipinski definition) is 2. The summed E-state index contributed by atoms with van der Waals surface area (Å²) >= 11 is 6.13. The first-order valence-corrected chi connectivity index (χ1v) is 6.77. The smallest absolute Gasteiger partial charge is 0.138 e. The second kappa shape index (κ2) is 6.01. The standard InChI is InChI=1S/C14H18ClN3/c1-3-18-14(16-10-17-18)8-12(9-15)13-7-5-4-6-11(13)2/h4-7,10,12H,3,8-9H2,1-2H3. The molecule has 0 radical (unpaired) electrons. The van der Waals surface area contributed by atoms with Crippen molar-refractivity contribution in [3.63, 3.8) is 0 Å². The first-order valence-electron chi connectivity index (χ1n) is 6.24. The summed E-state index contributed by atoms with van der Waals surface area (Å²) in [6, 6.07) is 8.39. The average Bonchev–Trinajstić information content (AvgIpc) is 2.84. The van der Waals surface area contributed by atoms with E-state index in [1.165, 1.54) is 11.1 Å². The van der Waals surface area contributed by atoms with Crippen LogP contribution in [0.1, 0.15) is 29.8 Å². The molecule has 0 aliphatic carbocycles. The number of rotatable bonds is 5. The SMILES string of the molecule is CCn1ncnc1CC(CCl)c1ccccc1C. The van der Waals surface area contributed by atoms with E-state index in [4.69, 9.17) is 11.6 Å². The summed E-state index contributed by atoms with van der Waals surface area (Å²) in [5, 5.41) is 4.20. The molecule has 0 bridgehead atoms. The maximum absolute atomic E-state index is 6.13. The first kappa shape index (κ1) is 13.1. The van der Waals surface area contributed by atoms with Gasteiger partial charge in [0.15, 0.2) is 0 Å². The zero-order valence-electron chi connectivity index (χ0n) is 10.8. The summed E-state index contributed by atoms with van der Waals surface area (Å²) in [5.41, 5.74) is 2.59. The molecule has 1 unspecified atom stereocenters. The fourth-order valence-electron chi connectivity index (χ4n) is 2.22. The van der Waals surface area contributed by atoms with Crippen LogP contribution in [0, 0.1) is 6.92 Å². The van der Waals surface area contributed by atoms with E-state index in [1.54, 1.807) is 6.33 Å². The Hall–Kier alpha value is -1.35. The lowest BCUT2D eigenvalue weighted by atomic mass is 9.93. The van der Waals surface area contributed by atoms with Crippen molar-refractivity contribution in [1.29, 1.82) is 0 Å². The van der Waals surface area contributed by atoms with Gasteiger partial charge in [-0.2, -0.15) is 5.10 Å². The molecule has 1 aromatic heterocycles. The molecule has 0 spiro atoms. The van der Waals surface area contributed by atoms with E-state index in [9.17, 15) is 0 Å². The van der Waals surface area contributed by atoms with Gasteiger partial charge in [0.2, 0.25) is 0 Å².